The van der Waals surface area contributed by atoms with Crippen molar-refractivity contribution >= 4 is 38.9 Å². The molecule has 2 aromatic rings. The molecular formula is C16H19BrClNS. The molecule has 20 heavy (non-hydrogen) atoms. The highest BCUT2D eigenvalue weighted by molar-refractivity contribution is 9.10. The molecule has 2 rings (SSSR count). The van der Waals surface area contributed by atoms with Gasteiger partial charge in [0.2, 0.25) is 0 Å². The van der Waals surface area contributed by atoms with Crippen molar-refractivity contribution in [3.8, 4) is 0 Å². The topological polar surface area (TPSA) is 12.0 Å². The van der Waals surface area contributed by atoms with Crippen molar-refractivity contribution < 1.29 is 0 Å². The van der Waals surface area contributed by atoms with Crippen LogP contribution in [0.25, 0.3) is 0 Å². The third-order valence-corrected chi connectivity index (χ3v) is 5.35. The van der Waals surface area contributed by atoms with E-state index in [9.17, 15) is 0 Å². The second kappa shape index (κ2) is 7.60. The molecule has 0 radical (unpaired) electrons. The molecule has 1 nitrogen and oxygen atoms in total. The zero-order valence-electron chi connectivity index (χ0n) is 11.7. The van der Waals surface area contributed by atoms with Crippen LogP contribution in [0, 0.1) is 6.92 Å². The molecule has 0 aliphatic rings. The second-order valence-electron chi connectivity index (χ2n) is 4.95. The Kier molecular flexibility index (Phi) is 6.09. The average Bonchev–Trinajstić information content (AvgIpc) is 2.74. The van der Waals surface area contributed by atoms with Gasteiger partial charge in [0.25, 0.3) is 0 Å². The van der Waals surface area contributed by atoms with Crippen LogP contribution in [0.15, 0.2) is 34.8 Å². The fraction of sp³-hybridized carbons (Fsp3) is 0.375. The van der Waals surface area contributed by atoms with Gasteiger partial charge in [0.1, 0.15) is 0 Å². The summed E-state index contributed by atoms with van der Waals surface area (Å²) in [5.41, 5.74) is 2.50. The van der Waals surface area contributed by atoms with Gasteiger partial charge in [-0.15, -0.1) is 11.3 Å². The van der Waals surface area contributed by atoms with Gasteiger partial charge in [0, 0.05) is 15.4 Å². The summed E-state index contributed by atoms with van der Waals surface area (Å²) < 4.78 is 2.03. The minimum Gasteiger partial charge on any atom is -0.309 e. The predicted octanol–water partition coefficient (Wildman–Crippen LogP) is 5.76. The summed E-state index contributed by atoms with van der Waals surface area (Å²) in [4.78, 5) is 1.32. The monoisotopic (exact) mass is 371 g/mol. The van der Waals surface area contributed by atoms with Crippen LogP contribution in [0.4, 0.5) is 0 Å². The first-order valence-electron chi connectivity index (χ1n) is 6.83. The van der Waals surface area contributed by atoms with Gasteiger partial charge < -0.3 is 5.32 Å². The molecule has 0 spiro atoms. The van der Waals surface area contributed by atoms with Crippen molar-refractivity contribution in [2.45, 2.75) is 32.7 Å². The molecule has 0 bridgehead atoms. The van der Waals surface area contributed by atoms with E-state index in [2.05, 4.69) is 65.4 Å². The molecule has 108 valence electrons. The standard InChI is InChI=1S/C16H19BrClNS/c1-3-7-19-14(15-8-11(2)16(18)20-15)10-12-5-4-6-13(17)9-12/h4-6,8-9,14,19H,3,7,10H2,1-2H3. The molecule has 0 aliphatic heterocycles. The second-order valence-corrected chi connectivity index (χ2v) is 7.55. The smallest absolute Gasteiger partial charge is 0.0960 e. The third-order valence-electron chi connectivity index (χ3n) is 3.19. The van der Waals surface area contributed by atoms with E-state index >= 15 is 0 Å². The average molecular weight is 373 g/mol. The molecule has 1 aromatic heterocycles. The van der Waals surface area contributed by atoms with Crippen molar-refractivity contribution in [2.24, 2.45) is 0 Å². The summed E-state index contributed by atoms with van der Waals surface area (Å²) in [6, 6.07) is 11.0. The lowest BCUT2D eigenvalue weighted by molar-refractivity contribution is 0.536. The number of rotatable bonds is 6. The normalized spacial score (nSPS) is 12.6. The summed E-state index contributed by atoms with van der Waals surface area (Å²) in [5, 5.41) is 3.63. The zero-order valence-corrected chi connectivity index (χ0v) is 14.9. The Morgan fingerprint density at radius 3 is 2.75 bits per heavy atom. The van der Waals surface area contributed by atoms with Crippen LogP contribution in [0.1, 0.15) is 35.4 Å². The van der Waals surface area contributed by atoms with Crippen LogP contribution < -0.4 is 5.32 Å². The SMILES string of the molecule is CCCNC(Cc1cccc(Br)c1)c1cc(C)c(Cl)s1. The molecule has 0 aliphatic carbocycles. The quantitative estimate of drug-likeness (QED) is 0.680. The van der Waals surface area contributed by atoms with Gasteiger partial charge in [-0.3, -0.25) is 0 Å². The molecule has 0 saturated carbocycles. The number of hydrogen-bond donors (Lipinski definition) is 1. The summed E-state index contributed by atoms with van der Waals surface area (Å²) in [6.45, 7) is 5.28. The Morgan fingerprint density at radius 1 is 1.35 bits per heavy atom. The summed E-state index contributed by atoms with van der Waals surface area (Å²) >= 11 is 11.4. The van der Waals surface area contributed by atoms with E-state index in [0.717, 1.165) is 28.2 Å². The molecule has 1 N–H and O–H groups in total. The van der Waals surface area contributed by atoms with Gasteiger partial charge in [-0.25, -0.2) is 0 Å². The van der Waals surface area contributed by atoms with Gasteiger partial charge in [-0.1, -0.05) is 46.6 Å². The highest BCUT2D eigenvalue weighted by Gasteiger charge is 2.15. The zero-order chi connectivity index (χ0) is 14.5. The molecule has 1 unspecified atom stereocenters. The molecule has 1 atom stereocenters. The molecule has 4 heteroatoms. The first-order valence-corrected chi connectivity index (χ1v) is 8.82. The van der Waals surface area contributed by atoms with Crippen LogP contribution in [0.5, 0.6) is 0 Å². The van der Waals surface area contributed by atoms with Crippen LogP contribution in [-0.2, 0) is 6.42 Å². The lowest BCUT2D eigenvalue weighted by atomic mass is 10.0. The maximum atomic E-state index is 6.22. The van der Waals surface area contributed by atoms with Crippen LogP contribution >= 0.6 is 38.9 Å². The number of halogens is 2. The van der Waals surface area contributed by atoms with Gasteiger partial charge in [0.15, 0.2) is 0 Å². The van der Waals surface area contributed by atoms with E-state index in [1.165, 1.54) is 16.0 Å². The van der Waals surface area contributed by atoms with E-state index in [4.69, 9.17) is 11.6 Å². The van der Waals surface area contributed by atoms with Crippen molar-refractivity contribution in [1.82, 2.24) is 5.32 Å². The summed E-state index contributed by atoms with van der Waals surface area (Å²) in [6.07, 6.45) is 2.11. The predicted molar refractivity (Wildman–Crippen MR) is 92.9 cm³/mol. The molecule has 0 saturated heterocycles. The Morgan fingerprint density at radius 2 is 2.15 bits per heavy atom. The first-order chi connectivity index (χ1) is 9.60. The van der Waals surface area contributed by atoms with Gasteiger partial charge in [-0.2, -0.15) is 0 Å². The molecule has 0 amide bonds. The Balaban J connectivity index is 2.19. The van der Waals surface area contributed by atoms with E-state index in [1.54, 1.807) is 11.3 Å². The highest BCUT2D eigenvalue weighted by atomic mass is 79.9. The minimum absolute atomic E-state index is 0.334. The van der Waals surface area contributed by atoms with Crippen LogP contribution in [-0.4, -0.2) is 6.54 Å². The van der Waals surface area contributed by atoms with E-state index < -0.39 is 0 Å². The fourth-order valence-electron chi connectivity index (χ4n) is 2.15. The maximum Gasteiger partial charge on any atom is 0.0960 e. The molecular weight excluding hydrogens is 354 g/mol. The number of thiophene rings is 1. The summed E-state index contributed by atoms with van der Waals surface area (Å²) in [7, 11) is 0. The molecule has 1 aromatic carbocycles. The van der Waals surface area contributed by atoms with Crippen molar-refractivity contribution in [1.29, 1.82) is 0 Å². The minimum atomic E-state index is 0.334. The molecule has 0 fully saturated rings. The van der Waals surface area contributed by atoms with Gasteiger partial charge in [-0.05, 0) is 55.6 Å². The Hall–Kier alpha value is -0.350. The van der Waals surface area contributed by atoms with E-state index in [0.29, 0.717) is 6.04 Å². The lowest BCUT2D eigenvalue weighted by Crippen LogP contribution is -2.23. The highest BCUT2D eigenvalue weighted by Crippen LogP contribution is 2.32. The van der Waals surface area contributed by atoms with Crippen molar-refractivity contribution in [3.63, 3.8) is 0 Å². The number of hydrogen-bond acceptors (Lipinski definition) is 2. The van der Waals surface area contributed by atoms with Crippen LogP contribution in [0.2, 0.25) is 4.34 Å². The summed E-state index contributed by atoms with van der Waals surface area (Å²) in [5.74, 6) is 0. The van der Waals surface area contributed by atoms with Crippen molar-refractivity contribution in [2.75, 3.05) is 6.54 Å². The van der Waals surface area contributed by atoms with Crippen molar-refractivity contribution in [3.05, 3.63) is 55.1 Å². The van der Waals surface area contributed by atoms with Gasteiger partial charge >= 0.3 is 0 Å². The number of benzene rings is 1. The largest absolute Gasteiger partial charge is 0.309 e. The first kappa shape index (κ1) is 16.0. The van der Waals surface area contributed by atoms with Crippen LogP contribution in [0.3, 0.4) is 0 Å². The lowest BCUT2D eigenvalue weighted by Gasteiger charge is -2.17. The molecule has 1 heterocycles. The Labute approximate surface area is 138 Å². The van der Waals surface area contributed by atoms with E-state index in [-0.39, 0.29) is 0 Å². The maximum absolute atomic E-state index is 6.22. The Bertz CT molecular complexity index is 548. The third kappa shape index (κ3) is 4.32. The fourth-order valence-corrected chi connectivity index (χ4v) is 3.89. The number of nitrogens with one attached hydrogen (secondary N) is 1. The van der Waals surface area contributed by atoms with E-state index in [1.807, 2.05) is 0 Å². The number of aryl methyl sites for hydroxylation is 1. The van der Waals surface area contributed by atoms with Gasteiger partial charge in [0.05, 0.1) is 4.34 Å².